The van der Waals surface area contributed by atoms with E-state index in [-0.39, 0.29) is 6.61 Å². The van der Waals surface area contributed by atoms with Crippen molar-refractivity contribution in [2.75, 3.05) is 6.61 Å². The standard InChI is InChI=1S/C20H16BrClO3/c1-12-9-14(10-13(2)20(12)22)24-11-19(23)25-18-8-7-17(21)15-5-3-4-6-16(15)18/h3-10H,11H2,1-2H3. The Labute approximate surface area is 159 Å². The van der Waals surface area contributed by atoms with Gasteiger partial charge >= 0.3 is 5.97 Å². The average molecular weight is 420 g/mol. The lowest BCUT2D eigenvalue weighted by molar-refractivity contribution is -0.136. The summed E-state index contributed by atoms with van der Waals surface area (Å²) < 4.78 is 12.0. The lowest BCUT2D eigenvalue weighted by Crippen LogP contribution is -2.18. The summed E-state index contributed by atoms with van der Waals surface area (Å²) in [7, 11) is 0. The number of hydrogen-bond acceptors (Lipinski definition) is 3. The maximum Gasteiger partial charge on any atom is 0.349 e. The fourth-order valence-electron chi connectivity index (χ4n) is 2.61. The molecule has 0 saturated carbocycles. The minimum atomic E-state index is -0.460. The number of benzene rings is 3. The Morgan fingerprint density at radius 2 is 1.68 bits per heavy atom. The second-order valence-corrected chi connectivity index (χ2v) is 6.96. The number of halogens is 2. The van der Waals surface area contributed by atoms with Gasteiger partial charge in [-0.25, -0.2) is 4.79 Å². The van der Waals surface area contributed by atoms with Crippen molar-refractivity contribution in [1.82, 2.24) is 0 Å². The van der Waals surface area contributed by atoms with Gasteiger partial charge < -0.3 is 9.47 Å². The molecule has 0 amide bonds. The molecule has 128 valence electrons. The number of fused-ring (bicyclic) bond motifs is 1. The predicted octanol–water partition coefficient (Wildman–Crippen LogP) is 5.86. The highest BCUT2D eigenvalue weighted by Crippen LogP contribution is 2.31. The molecule has 0 aliphatic rings. The summed E-state index contributed by atoms with van der Waals surface area (Å²) in [6, 6.07) is 14.9. The number of carbonyl (C=O) groups is 1. The molecule has 3 nitrogen and oxygen atoms in total. The Morgan fingerprint density at radius 3 is 2.36 bits per heavy atom. The maximum atomic E-state index is 12.2. The highest BCUT2D eigenvalue weighted by atomic mass is 79.9. The third-order valence-electron chi connectivity index (χ3n) is 3.82. The van der Waals surface area contributed by atoms with Crippen LogP contribution in [0.1, 0.15) is 11.1 Å². The second kappa shape index (κ2) is 7.46. The van der Waals surface area contributed by atoms with E-state index in [0.717, 1.165) is 26.4 Å². The van der Waals surface area contributed by atoms with Crippen molar-refractivity contribution in [2.45, 2.75) is 13.8 Å². The van der Waals surface area contributed by atoms with E-state index in [9.17, 15) is 4.79 Å². The molecule has 25 heavy (non-hydrogen) atoms. The fraction of sp³-hybridized carbons (Fsp3) is 0.150. The van der Waals surface area contributed by atoms with Crippen LogP contribution >= 0.6 is 27.5 Å². The van der Waals surface area contributed by atoms with E-state index >= 15 is 0 Å². The van der Waals surface area contributed by atoms with Gasteiger partial charge in [-0.05, 0) is 54.6 Å². The molecule has 0 spiro atoms. The first-order valence-electron chi connectivity index (χ1n) is 7.73. The molecule has 0 atom stereocenters. The summed E-state index contributed by atoms with van der Waals surface area (Å²) in [4.78, 5) is 12.2. The first-order chi connectivity index (χ1) is 12.0. The Balaban J connectivity index is 1.73. The lowest BCUT2D eigenvalue weighted by atomic mass is 10.1. The van der Waals surface area contributed by atoms with Gasteiger partial charge in [-0.15, -0.1) is 0 Å². The summed E-state index contributed by atoms with van der Waals surface area (Å²) in [5.41, 5.74) is 1.81. The first kappa shape index (κ1) is 17.8. The van der Waals surface area contributed by atoms with Gasteiger partial charge in [0.2, 0.25) is 0 Å². The first-order valence-corrected chi connectivity index (χ1v) is 8.90. The lowest BCUT2D eigenvalue weighted by Gasteiger charge is -2.11. The molecule has 3 aromatic rings. The minimum Gasteiger partial charge on any atom is -0.482 e. The quantitative estimate of drug-likeness (QED) is 0.393. The molecular weight excluding hydrogens is 404 g/mol. The zero-order valence-electron chi connectivity index (χ0n) is 13.8. The van der Waals surface area contributed by atoms with Crippen LogP contribution in [0, 0.1) is 13.8 Å². The third kappa shape index (κ3) is 3.97. The molecule has 0 unspecified atom stereocenters. The van der Waals surface area contributed by atoms with E-state index in [4.69, 9.17) is 21.1 Å². The number of hydrogen-bond donors (Lipinski definition) is 0. The smallest absolute Gasteiger partial charge is 0.349 e. The van der Waals surface area contributed by atoms with Crippen LogP contribution in [0.25, 0.3) is 10.8 Å². The van der Waals surface area contributed by atoms with Crippen molar-refractivity contribution < 1.29 is 14.3 Å². The molecule has 0 bridgehead atoms. The average Bonchev–Trinajstić information content (AvgIpc) is 2.60. The predicted molar refractivity (Wildman–Crippen MR) is 104 cm³/mol. The van der Waals surface area contributed by atoms with E-state index in [1.165, 1.54) is 0 Å². The normalized spacial score (nSPS) is 10.7. The summed E-state index contributed by atoms with van der Waals surface area (Å²) in [5.74, 6) is 0.644. The Bertz CT molecular complexity index is 930. The van der Waals surface area contributed by atoms with Crippen molar-refractivity contribution in [3.05, 3.63) is 69.2 Å². The summed E-state index contributed by atoms with van der Waals surface area (Å²) in [6.07, 6.45) is 0. The monoisotopic (exact) mass is 418 g/mol. The fourth-order valence-corrected chi connectivity index (χ4v) is 3.19. The van der Waals surface area contributed by atoms with Crippen LogP contribution in [0.15, 0.2) is 53.0 Å². The Morgan fingerprint density at radius 1 is 1.04 bits per heavy atom. The maximum absolute atomic E-state index is 12.2. The molecule has 5 heteroatoms. The third-order valence-corrected chi connectivity index (χ3v) is 5.11. The van der Waals surface area contributed by atoms with Crippen LogP contribution in [0.2, 0.25) is 5.02 Å². The van der Waals surface area contributed by atoms with E-state index in [0.29, 0.717) is 16.5 Å². The van der Waals surface area contributed by atoms with Crippen LogP contribution in [0.3, 0.4) is 0 Å². The van der Waals surface area contributed by atoms with Crippen LogP contribution in [-0.4, -0.2) is 12.6 Å². The molecule has 0 fully saturated rings. The van der Waals surface area contributed by atoms with Crippen molar-refractivity contribution in [2.24, 2.45) is 0 Å². The molecular formula is C20H16BrClO3. The van der Waals surface area contributed by atoms with E-state index in [2.05, 4.69) is 15.9 Å². The van der Waals surface area contributed by atoms with E-state index in [1.54, 1.807) is 18.2 Å². The van der Waals surface area contributed by atoms with Gasteiger partial charge in [0.05, 0.1) is 0 Å². The van der Waals surface area contributed by atoms with Crippen molar-refractivity contribution in [3.8, 4) is 11.5 Å². The summed E-state index contributed by atoms with van der Waals surface area (Å²) in [6.45, 7) is 3.62. The second-order valence-electron chi connectivity index (χ2n) is 5.72. The van der Waals surface area contributed by atoms with Gasteiger partial charge in [-0.3, -0.25) is 0 Å². The zero-order valence-corrected chi connectivity index (χ0v) is 16.1. The molecule has 0 aliphatic carbocycles. The zero-order chi connectivity index (χ0) is 18.0. The molecule has 0 heterocycles. The van der Waals surface area contributed by atoms with Gasteiger partial charge in [0.25, 0.3) is 0 Å². The Hall–Kier alpha value is -2.04. The molecule has 0 N–H and O–H groups in total. The summed E-state index contributed by atoms with van der Waals surface area (Å²) >= 11 is 9.64. The van der Waals surface area contributed by atoms with E-state index < -0.39 is 5.97 Å². The van der Waals surface area contributed by atoms with E-state index in [1.807, 2.05) is 44.2 Å². The van der Waals surface area contributed by atoms with Crippen molar-refractivity contribution in [3.63, 3.8) is 0 Å². The molecule has 3 aromatic carbocycles. The molecule has 0 saturated heterocycles. The van der Waals surface area contributed by atoms with Crippen molar-refractivity contribution >= 4 is 44.3 Å². The SMILES string of the molecule is Cc1cc(OCC(=O)Oc2ccc(Br)c3ccccc23)cc(C)c1Cl. The van der Waals surface area contributed by atoms with Crippen molar-refractivity contribution in [1.29, 1.82) is 0 Å². The molecule has 0 aromatic heterocycles. The van der Waals surface area contributed by atoms with Crippen LogP contribution in [0.5, 0.6) is 11.5 Å². The summed E-state index contributed by atoms with van der Waals surface area (Å²) in [5, 5.41) is 2.55. The number of esters is 1. The van der Waals surface area contributed by atoms with Gasteiger partial charge in [0.15, 0.2) is 6.61 Å². The van der Waals surface area contributed by atoms with Crippen LogP contribution in [-0.2, 0) is 4.79 Å². The van der Waals surface area contributed by atoms with Gasteiger partial charge in [0.1, 0.15) is 11.5 Å². The van der Waals surface area contributed by atoms with Gasteiger partial charge in [0, 0.05) is 14.9 Å². The number of rotatable bonds is 4. The van der Waals surface area contributed by atoms with Crippen LogP contribution in [0.4, 0.5) is 0 Å². The van der Waals surface area contributed by atoms with Crippen LogP contribution < -0.4 is 9.47 Å². The highest BCUT2D eigenvalue weighted by molar-refractivity contribution is 9.10. The topological polar surface area (TPSA) is 35.5 Å². The Kier molecular flexibility index (Phi) is 5.30. The number of aryl methyl sites for hydroxylation is 2. The van der Waals surface area contributed by atoms with Gasteiger partial charge in [-0.2, -0.15) is 0 Å². The molecule has 0 aliphatic heterocycles. The highest BCUT2D eigenvalue weighted by Gasteiger charge is 2.11. The molecule has 3 rings (SSSR count). The molecule has 0 radical (unpaired) electrons. The largest absolute Gasteiger partial charge is 0.482 e. The van der Waals surface area contributed by atoms with Gasteiger partial charge in [-0.1, -0.05) is 51.8 Å². The number of carbonyl (C=O) groups excluding carboxylic acids is 1. The number of ether oxygens (including phenoxy) is 2. The minimum absolute atomic E-state index is 0.176.